The highest BCUT2D eigenvalue weighted by Crippen LogP contribution is 2.48. The Morgan fingerprint density at radius 3 is 2.50 bits per heavy atom. The second kappa shape index (κ2) is 16.8. The summed E-state index contributed by atoms with van der Waals surface area (Å²) < 4.78 is 69.0. The number of rotatable bonds is 10. The SMILES string of the molecule is COc1ccc2c(O[C@@H]3C[C@H]4C(=O)N[C@]5(C(=O)NS(=O)(=O)C6(C)CC6)C[C@H]5/C=C\CCCCC[C@H](Nc5cc(F)cc(F)c5)C(=O)N4C3)cc(-c3nc(C(C)C)cs3)nc2c1C. The molecule has 4 aliphatic rings. The highest BCUT2D eigenvalue weighted by molar-refractivity contribution is 7.91. The standard InChI is InChI=1S/C45H52F2N6O7S2/c1-25(2)35-24-61-41(50-35)34-21-38(32-13-14-37(59-5)26(3)39(32)49-34)60-31-20-36-40(54)51-45(43(56)52-62(57,58)44(4)15-16-44)22-27(45)11-9-7-6-8-10-12-33(42(55)53(36)23-31)48-30-18-28(46)17-29(47)19-30/h9,11,13-14,17-19,21,24-25,27,31,33,36,48H,6-8,10,12,15-16,20,22-23H2,1-5H3,(H,51,54)(H,52,56)/b11-9-/t27-,31-,33+,36+,45-/m1/s1. The number of ether oxygens (including phenoxy) is 2. The van der Waals surface area contributed by atoms with Gasteiger partial charge >= 0.3 is 0 Å². The molecule has 3 amide bonds. The van der Waals surface area contributed by atoms with Crippen molar-refractivity contribution >= 4 is 55.7 Å². The summed E-state index contributed by atoms with van der Waals surface area (Å²) in [7, 11) is -2.45. The maximum absolute atomic E-state index is 14.9. The third-order valence-electron chi connectivity index (χ3n) is 12.7. The van der Waals surface area contributed by atoms with Gasteiger partial charge in [-0.15, -0.1) is 11.3 Å². The first-order chi connectivity index (χ1) is 29.5. The second-order valence-corrected chi connectivity index (χ2v) is 20.6. The van der Waals surface area contributed by atoms with E-state index < -0.39 is 73.8 Å². The molecule has 1 saturated heterocycles. The number of allylic oxidation sites excluding steroid dienone is 1. The van der Waals surface area contributed by atoms with Crippen molar-refractivity contribution in [1.29, 1.82) is 0 Å². The van der Waals surface area contributed by atoms with E-state index in [4.69, 9.17) is 19.4 Å². The summed E-state index contributed by atoms with van der Waals surface area (Å²) in [6.07, 6.45) is 7.09. The van der Waals surface area contributed by atoms with Gasteiger partial charge in [0.25, 0.3) is 5.91 Å². The fourth-order valence-corrected chi connectivity index (χ4v) is 10.7. The van der Waals surface area contributed by atoms with E-state index in [0.717, 1.165) is 42.3 Å². The Bertz CT molecular complexity index is 2540. The Balaban J connectivity index is 1.16. The van der Waals surface area contributed by atoms with Gasteiger partial charge in [-0.3, -0.25) is 19.1 Å². The summed E-state index contributed by atoms with van der Waals surface area (Å²) in [4.78, 5) is 54.8. The molecule has 13 nitrogen and oxygen atoms in total. The number of hydrogen-bond acceptors (Lipinski definition) is 11. The van der Waals surface area contributed by atoms with Crippen molar-refractivity contribution in [1.82, 2.24) is 24.9 Å². The van der Waals surface area contributed by atoms with Gasteiger partial charge in [-0.25, -0.2) is 27.2 Å². The Hall–Kier alpha value is -5.16. The average Bonchev–Trinajstić information content (AvgIpc) is 3.99. The van der Waals surface area contributed by atoms with Gasteiger partial charge in [0.2, 0.25) is 21.8 Å². The normalized spacial score (nSPS) is 25.5. The van der Waals surface area contributed by atoms with Crippen LogP contribution in [0.3, 0.4) is 0 Å². The molecule has 3 N–H and O–H groups in total. The number of nitrogens with zero attached hydrogens (tertiary/aromatic N) is 3. The number of methoxy groups -OCH3 is 1. The molecule has 2 aromatic heterocycles. The average molecular weight is 891 g/mol. The van der Waals surface area contributed by atoms with Crippen LogP contribution in [0.5, 0.6) is 11.5 Å². The molecule has 0 bridgehead atoms. The maximum Gasteiger partial charge on any atom is 0.259 e. The van der Waals surface area contributed by atoms with E-state index in [-0.39, 0.29) is 31.0 Å². The van der Waals surface area contributed by atoms with Crippen LogP contribution in [0.4, 0.5) is 14.5 Å². The Morgan fingerprint density at radius 1 is 1.05 bits per heavy atom. The molecule has 3 fully saturated rings. The second-order valence-electron chi connectivity index (χ2n) is 17.6. The molecule has 4 aromatic rings. The quantitative estimate of drug-likeness (QED) is 0.138. The molecular formula is C45H52F2N6O7S2. The van der Waals surface area contributed by atoms with Crippen LogP contribution in [0.15, 0.2) is 53.9 Å². The molecule has 2 saturated carbocycles. The lowest BCUT2D eigenvalue weighted by atomic mass is 10.0. The molecule has 2 aliphatic carbocycles. The van der Waals surface area contributed by atoms with Crippen LogP contribution in [0, 0.1) is 24.5 Å². The zero-order valence-corrected chi connectivity index (χ0v) is 37.1. The minimum Gasteiger partial charge on any atom is -0.496 e. The van der Waals surface area contributed by atoms with Crippen LogP contribution in [-0.4, -0.2) is 83.1 Å². The number of thiazole rings is 1. The number of benzene rings is 2. The predicted molar refractivity (Wildman–Crippen MR) is 232 cm³/mol. The summed E-state index contributed by atoms with van der Waals surface area (Å²) >= 11 is 1.46. The first-order valence-electron chi connectivity index (χ1n) is 21.2. The molecule has 2 aliphatic heterocycles. The lowest BCUT2D eigenvalue weighted by Gasteiger charge is -2.30. The molecule has 2 aromatic carbocycles. The number of anilines is 1. The molecule has 62 heavy (non-hydrogen) atoms. The fraction of sp³-hybridized carbons (Fsp3) is 0.489. The van der Waals surface area contributed by atoms with Gasteiger partial charge in [0.15, 0.2) is 0 Å². The summed E-state index contributed by atoms with van der Waals surface area (Å²) in [5.74, 6) is -2.79. The van der Waals surface area contributed by atoms with Crippen LogP contribution < -0.4 is 24.8 Å². The number of halogens is 2. The molecule has 0 radical (unpaired) electrons. The molecule has 4 heterocycles. The molecule has 0 unspecified atom stereocenters. The van der Waals surface area contributed by atoms with E-state index in [1.165, 1.54) is 16.2 Å². The third kappa shape index (κ3) is 8.61. The van der Waals surface area contributed by atoms with Crippen LogP contribution in [0.25, 0.3) is 21.6 Å². The molecule has 17 heteroatoms. The fourth-order valence-electron chi connectivity index (χ4n) is 8.44. The van der Waals surface area contributed by atoms with Crippen molar-refractivity contribution in [2.45, 2.75) is 120 Å². The van der Waals surface area contributed by atoms with Crippen LogP contribution in [0.2, 0.25) is 0 Å². The first-order valence-corrected chi connectivity index (χ1v) is 23.6. The number of aromatic nitrogens is 2. The van der Waals surface area contributed by atoms with Crippen molar-refractivity contribution in [3.8, 4) is 22.2 Å². The summed E-state index contributed by atoms with van der Waals surface area (Å²) in [5, 5.41) is 9.32. The maximum atomic E-state index is 14.9. The number of carbonyl (C=O) groups is 3. The number of amides is 3. The van der Waals surface area contributed by atoms with E-state index in [0.29, 0.717) is 65.2 Å². The Kier molecular flexibility index (Phi) is 11.8. The van der Waals surface area contributed by atoms with Crippen molar-refractivity contribution in [3.05, 3.63) is 76.8 Å². The van der Waals surface area contributed by atoms with Gasteiger partial charge in [0.1, 0.15) is 57.6 Å². The van der Waals surface area contributed by atoms with Crippen LogP contribution >= 0.6 is 11.3 Å². The highest BCUT2D eigenvalue weighted by atomic mass is 32.2. The van der Waals surface area contributed by atoms with Crippen LogP contribution in [-0.2, 0) is 24.4 Å². The number of aryl methyl sites for hydroxylation is 1. The number of pyridine rings is 1. The van der Waals surface area contributed by atoms with E-state index >= 15 is 0 Å². The van der Waals surface area contributed by atoms with Gasteiger partial charge in [-0.05, 0) is 82.6 Å². The smallest absolute Gasteiger partial charge is 0.259 e. The van der Waals surface area contributed by atoms with E-state index in [1.54, 1.807) is 20.1 Å². The molecule has 5 atom stereocenters. The van der Waals surface area contributed by atoms with E-state index in [9.17, 15) is 31.6 Å². The molecular weight excluding hydrogens is 839 g/mol. The van der Waals surface area contributed by atoms with Gasteiger partial charge in [-0.1, -0.05) is 38.8 Å². The number of sulfonamides is 1. The van der Waals surface area contributed by atoms with Crippen molar-refractivity contribution in [3.63, 3.8) is 0 Å². The Morgan fingerprint density at radius 2 is 1.81 bits per heavy atom. The molecule has 0 spiro atoms. The Labute approximate surface area is 364 Å². The minimum absolute atomic E-state index is 0.0104. The summed E-state index contributed by atoms with van der Waals surface area (Å²) in [6.45, 7) is 7.55. The van der Waals surface area contributed by atoms with Gasteiger partial charge < -0.3 is 25.0 Å². The number of hydrogen-bond donors (Lipinski definition) is 3. The van der Waals surface area contributed by atoms with Crippen molar-refractivity contribution in [2.24, 2.45) is 5.92 Å². The van der Waals surface area contributed by atoms with Crippen molar-refractivity contribution in [2.75, 3.05) is 19.0 Å². The molecule has 8 rings (SSSR count). The van der Waals surface area contributed by atoms with E-state index in [2.05, 4.69) is 29.2 Å². The molecule has 330 valence electrons. The van der Waals surface area contributed by atoms with E-state index in [1.807, 2.05) is 36.6 Å². The zero-order valence-electron chi connectivity index (χ0n) is 35.4. The topological polar surface area (TPSA) is 169 Å². The minimum atomic E-state index is -4.03. The van der Waals surface area contributed by atoms with Crippen molar-refractivity contribution < 1.29 is 41.1 Å². The van der Waals surface area contributed by atoms with Gasteiger partial charge in [0, 0.05) is 46.5 Å². The largest absolute Gasteiger partial charge is 0.496 e. The monoisotopic (exact) mass is 890 g/mol. The summed E-state index contributed by atoms with van der Waals surface area (Å²) in [5.41, 5.74) is 1.41. The third-order valence-corrected chi connectivity index (χ3v) is 15.7. The van der Waals surface area contributed by atoms with Gasteiger partial charge in [0.05, 0.1) is 29.6 Å². The number of fused-ring (bicyclic) bond motifs is 3. The zero-order chi connectivity index (χ0) is 44.1. The first kappa shape index (κ1) is 43.5. The van der Waals surface area contributed by atoms with Crippen LogP contribution in [0.1, 0.15) is 95.7 Å². The number of carbonyl (C=O) groups excluding carboxylic acids is 3. The summed E-state index contributed by atoms with van der Waals surface area (Å²) in [6, 6.07) is 6.29. The lowest BCUT2D eigenvalue weighted by molar-refractivity contribution is -0.140. The van der Waals surface area contributed by atoms with Gasteiger partial charge in [-0.2, -0.15) is 0 Å². The predicted octanol–water partition coefficient (Wildman–Crippen LogP) is 7.30. The highest BCUT2D eigenvalue weighted by Gasteiger charge is 2.63. The number of nitrogens with one attached hydrogen (secondary N) is 3. The lowest BCUT2D eigenvalue weighted by Crippen LogP contribution is -2.58.